The largest absolute Gasteiger partial charge is 0.476 e. The molecule has 0 radical (unpaired) electrons. The van der Waals surface area contributed by atoms with E-state index >= 15 is 0 Å². The zero-order valence-electron chi connectivity index (χ0n) is 31.5. The molecule has 9 rings (SSSR count). The van der Waals surface area contributed by atoms with Gasteiger partial charge in [0.25, 0.3) is 6.43 Å². The van der Waals surface area contributed by atoms with Crippen molar-refractivity contribution in [2.24, 2.45) is 12.5 Å². The molecule has 2 saturated carbocycles. The van der Waals surface area contributed by atoms with E-state index in [2.05, 4.69) is 34.7 Å². The Morgan fingerprint density at radius 1 is 0.964 bits per heavy atom. The molecule has 13 nitrogen and oxygen atoms in total. The summed E-state index contributed by atoms with van der Waals surface area (Å²) in [6.45, 7) is 7.02. The van der Waals surface area contributed by atoms with Gasteiger partial charge in [-0.25, -0.2) is 13.6 Å². The van der Waals surface area contributed by atoms with Crippen molar-refractivity contribution in [2.45, 2.75) is 89.8 Å². The monoisotopic (exact) mass is 754 g/mol. The fourth-order valence-electron chi connectivity index (χ4n) is 10.1. The van der Waals surface area contributed by atoms with Crippen molar-refractivity contribution in [3.63, 3.8) is 0 Å². The molecule has 1 spiro atoms. The lowest BCUT2D eigenvalue weighted by Gasteiger charge is -2.56. The molecule has 1 aromatic carbocycles. The number of carbonyl (C=O) groups excluding carboxylic acids is 1. The summed E-state index contributed by atoms with van der Waals surface area (Å²) >= 11 is 0. The van der Waals surface area contributed by atoms with Gasteiger partial charge in [0.2, 0.25) is 5.91 Å². The van der Waals surface area contributed by atoms with Gasteiger partial charge in [-0.1, -0.05) is 0 Å². The predicted molar refractivity (Wildman–Crippen MR) is 202 cm³/mol. The van der Waals surface area contributed by atoms with Crippen LogP contribution in [0.5, 0.6) is 0 Å². The SMILES string of the molecule is CC(=O)N1CCc2c(c(N3CCCc4cc(-c5cnn(C)c5)c(C(F)F)cc43)nn2C2CCC3(CC2)CC(N2CCN(c4ccc(C(=O)O)nn4)CC2)C3)C1. The third kappa shape index (κ3) is 6.53. The molecule has 3 fully saturated rings. The van der Waals surface area contributed by atoms with Gasteiger partial charge in [0.1, 0.15) is 0 Å². The first-order valence-corrected chi connectivity index (χ1v) is 19.7. The summed E-state index contributed by atoms with van der Waals surface area (Å²) in [6.07, 6.45) is 10.0. The average Bonchev–Trinajstić information content (AvgIpc) is 3.79. The number of carbonyl (C=O) groups is 2. The summed E-state index contributed by atoms with van der Waals surface area (Å²) in [5, 5.41) is 26.8. The van der Waals surface area contributed by atoms with E-state index in [4.69, 9.17) is 10.2 Å². The van der Waals surface area contributed by atoms with Crippen LogP contribution >= 0.6 is 0 Å². The van der Waals surface area contributed by atoms with Gasteiger partial charge in [-0.2, -0.15) is 10.2 Å². The lowest BCUT2D eigenvalue weighted by atomic mass is 9.57. The predicted octanol–water partition coefficient (Wildman–Crippen LogP) is 5.78. The standard InChI is InChI=1S/C40H48F2N10O3/c1-25(53)50-13-9-34-32(24-50)38(51-12-3-4-26-18-30(27-22-43-47(2)23-27)31(37(41)42)19-35(26)51)46-52(34)28-7-10-40(11-8-28)20-29(21-40)48-14-16-49(17-15-48)36-6-5-33(39(54)55)44-45-36/h5-6,18-19,22-23,28-29,37H,3-4,7-17,20-21,24H2,1-2H3,(H,54,55). The Morgan fingerprint density at radius 3 is 2.40 bits per heavy atom. The van der Waals surface area contributed by atoms with Gasteiger partial charge in [0, 0.05) is 100.0 Å². The fraction of sp³-hybridized carbons (Fsp3) is 0.550. The Morgan fingerprint density at radius 2 is 1.75 bits per heavy atom. The zero-order chi connectivity index (χ0) is 38.0. The van der Waals surface area contributed by atoms with Gasteiger partial charge >= 0.3 is 5.97 Å². The molecule has 0 unspecified atom stereocenters. The van der Waals surface area contributed by atoms with Crippen molar-refractivity contribution >= 4 is 29.2 Å². The molecule has 5 aliphatic rings. The summed E-state index contributed by atoms with van der Waals surface area (Å²) < 4.78 is 33.3. The van der Waals surface area contributed by atoms with Gasteiger partial charge in [-0.15, -0.1) is 10.2 Å². The number of anilines is 3. The molecule has 3 aliphatic heterocycles. The number of alkyl halides is 2. The van der Waals surface area contributed by atoms with Crippen LogP contribution in [0.2, 0.25) is 0 Å². The van der Waals surface area contributed by atoms with Crippen molar-refractivity contribution in [3.05, 3.63) is 64.7 Å². The summed E-state index contributed by atoms with van der Waals surface area (Å²) in [7, 11) is 1.79. The molecule has 3 aromatic heterocycles. The molecule has 15 heteroatoms. The van der Waals surface area contributed by atoms with E-state index in [9.17, 15) is 18.4 Å². The number of nitrogens with zero attached hydrogens (tertiary/aromatic N) is 10. The van der Waals surface area contributed by atoms with E-state index in [0.717, 1.165) is 99.6 Å². The Hall–Kier alpha value is -4.92. The van der Waals surface area contributed by atoms with Gasteiger partial charge in [0.05, 0.1) is 18.8 Å². The quantitative estimate of drug-likeness (QED) is 0.248. The molecule has 0 bridgehead atoms. The van der Waals surface area contributed by atoms with Crippen molar-refractivity contribution in [1.82, 2.24) is 39.6 Å². The van der Waals surface area contributed by atoms with E-state index in [1.165, 1.54) is 24.6 Å². The number of fused-ring (bicyclic) bond motifs is 2. The van der Waals surface area contributed by atoms with E-state index < -0.39 is 12.4 Å². The number of aromatic nitrogens is 6. The minimum atomic E-state index is -2.64. The first-order chi connectivity index (χ1) is 26.6. The summed E-state index contributed by atoms with van der Waals surface area (Å²) in [5.74, 6) is 0.499. The van der Waals surface area contributed by atoms with E-state index in [0.29, 0.717) is 42.2 Å². The zero-order valence-corrected chi connectivity index (χ0v) is 31.5. The number of hydrogen-bond donors (Lipinski definition) is 1. The second kappa shape index (κ2) is 14.0. The molecule has 2 aliphatic carbocycles. The number of halogens is 2. The Labute approximate surface area is 318 Å². The first-order valence-electron chi connectivity index (χ1n) is 19.7. The van der Waals surface area contributed by atoms with Crippen LogP contribution in [0.25, 0.3) is 11.1 Å². The highest BCUT2D eigenvalue weighted by Gasteiger charge is 2.49. The van der Waals surface area contributed by atoms with Crippen LogP contribution in [-0.2, 0) is 31.2 Å². The minimum absolute atomic E-state index is 0.00263. The molecule has 6 heterocycles. The molecule has 290 valence electrons. The van der Waals surface area contributed by atoms with Crippen LogP contribution in [0.4, 0.5) is 26.1 Å². The van der Waals surface area contributed by atoms with Gasteiger partial charge in [-0.05, 0) is 92.2 Å². The minimum Gasteiger partial charge on any atom is -0.476 e. The highest BCUT2D eigenvalue weighted by Crippen LogP contribution is 2.56. The van der Waals surface area contributed by atoms with Crippen LogP contribution < -0.4 is 9.80 Å². The second-order valence-electron chi connectivity index (χ2n) is 16.3. The van der Waals surface area contributed by atoms with E-state index in [-0.39, 0.29) is 23.2 Å². The molecule has 55 heavy (non-hydrogen) atoms. The van der Waals surface area contributed by atoms with E-state index in [1.54, 1.807) is 43.2 Å². The molecule has 1 N–H and O–H groups in total. The Kier molecular flexibility index (Phi) is 9.09. The smallest absolute Gasteiger partial charge is 0.356 e. The molecule has 0 atom stereocenters. The number of carboxylic acids is 1. The van der Waals surface area contributed by atoms with Crippen molar-refractivity contribution in [3.8, 4) is 11.1 Å². The van der Waals surface area contributed by atoms with Gasteiger partial charge in [-0.3, -0.25) is 19.1 Å². The molecular weight excluding hydrogens is 707 g/mol. The molecule has 4 aromatic rings. The number of piperazine rings is 1. The number of benzene rings is 1. The number of aryl methyl sites for hydroxylation is 2. The number of carboxylic acid groups (broad SMARTS) is 1. The highest BCUT2D eigenvalue weighted by molar-refractivity contribution is 5.85. The maximum atomic E-state index is 14.7. The average molecular weight is 755 g/mol. The third-order valence-electron chi connectivity index (χ3n) is 13.1. The maximum absolute atomic E-state index is 14.7. The van der Waals surface area contributed by atoms with Crippen LogP contribution in [0.15, 0.2) is 36.7 Å². The summed E-state index contributed by atoms with van der Waals surface area (Å²) in [6, 6.07) is 7.70. The lowest BCUT2D eigenvalue weighted by molar-refractivity contribution is -0.129. The summed E-state index contributed by atoms with van der Waals surface area (Å²) in [5.41, 5.74) is 5.58. The Bertz CT molecular complexity index is 2090. The first kappa shape index (κ1) is 35.8. The molecule has 1 saturated heterocycles. The van der Waals surface area contributed by atoms with Crippen LogP contribution in [0.3, 0.4) is 0 Å². The van der Waals surface area contributed by atoms with E-state index in [1.807, 2.05) is 11.0 Å². The summed E-state index contributed by atoms with van der Waals surface area (Å²) in [4.78, 5) is 32.6. The van der Waals surface area contributed by atoms with Crippen molar-refractivity contribution < 1.29 is 23.5 Å². The van der Waals surface area contributed by atoms with Gasteiger partial charge in [0.15, 0.2) is 17.3 Å². The Balaban J connectivity index is 0.908. The topological polar surface area (TPSA) is 129 Å². The number of amides is 1. The number of rotatable bonds is 7. The number of hydrogen-bond acceptors (Lipinski definition) is 9. The van der Waals surface area contributed by atoms with Crippen LogP contribution in [-0.4, -0.2) is 102 Å². The molecular formula is C40H48F2N10O3. The fourth-order valence-corrected chi connectivity index (χ4v) is 10.1. The van der Waals surface area contributed by atoms with Crippen molar-refractivity contribution in [2.75, 3.05) is 49.1 Å². The highest BCUT2D eigenvalue weighted by atomic mass is 19.3. The van der Waals surface area contributed by atoms with Crippen LogP contribution in [0.1, 0.15) is 97.2 Å². The normalized spacial score (nSPS) is 24.2. The van der Waals surface area contributed by atoms with Gasteiger partial charge < -0.3 is 19.8 Å². The second-order valence-corrected chi connectivity index (χ2v) is 16.3. The molecule has 1 amide bonds. The number of aromatic carboxylic acids is 1. The maximum Gasteiger partial charge on any atom is 0.356 e. The third-order valence-corrected chi connectivity index (χ3v) is 13.1. The van der Waals surface area contributed by atoms with Crippen molar-refractivity contribution in [1.29, 1.82) is 0 Å². The lowest BCUT2D eigenvalue weighted by Crippen LogP contribution is -2.57. The van der Waals surface area contributed by atoms with Crippen LogP contribution in [0, 0.1) is 5.41 Å².